The molecule has 0 saturated carbocycles. The Morgan fingerprint density at radius 1 is 1.33 bits per heavy atom. The lowest BCUT2D eigenvalue weighted by atomic mass is 10.2. The van der Waals surface area contributed by atoms with Gasteiger partial charge in [0, 0.05) is 29.4 Å². The van der Waals surface area contributed by atoms with E-state index in [4.69, 9.17) is 5.73 Å². The Kier molecular flexibility index (Phi) is 4.54. The van der Waals surface area contributed by atoms with Gasteiger partial charge in [0.2, 0.25) is 11.8 Å². The first kappa shape index (κ1) is 15.0. The number of amides is 2. The molecule has 1 aromatic heterocycles. The van der Waals surface area contributed by atoms with E-state index >= 15 is 0 Å². The summed E-state index contributed by atoms with van der Waals surface area (Å²) < 4.78 is 13.5. The fourth-order valence-corrected chi connectivity index (χ4v) is 2.53. The lowest BCUT2D eigenvalue weighted by Crippen LogP contribution is -2.09. The average Bonchev–Trinajstić information content (AvgIpc) is 2.88. The van der Waals surface area contributed by atoms with Crippen molar-refractivity contribution in [2.75, 3.05) is 10.6 Å². The molecule has 1 heterocycles. The molecule has 0 aliphatic carbocycles. The van der Waals surface area contributed by atoms with Gasteiger partial charge in [0.15, 0.2) is 0 Å². The Morgan fingerprint density at radius 2 is 2.10 bits per heavy atom. The van der Waals surface area contributed by atoms with Gasteiger partial charge in [-0.3, -0.25) is 9.59 Å². The second-order valence-corrected chi connectivity index (χ2v) is 5.39. The number of primary amides is 1. The summed E-state index contributed by atoms with van der Waals surface area (Å²) in [5.74, 6) is -1.30. The van der Waals surface area contributed by atoms with Crippen LogP contribution in [0, 0.1) is 5.82 Å². The minimum absolute atomic E-state index is 0.122. The molecule has 0 spiro atoms. The van der Waals surface area contributed by atoms with E-state index in [1.807, 2.05) is 0 Å². The molecule has 2 aromatic rings. The summed E-state index contributed by atoms with van der Waals surface area (Å²) in [6.45, 7) is 1.79. The number of halogens is 1. The summed E-state index contributed by atoms with van der Waals surface area (Å²) >= 11 is 1.41. The SMILES string of the molecule is CC(=O)Nc1cc(NCc2cc(C(N)=O)cs2)ccc1F. The van der Waals surface area contributed by atoms with Gasteiger partial charge in [0.25, 0.3) is 0 Å². The Hall–Kier alpha value is -2.41. The molecular weight excluding hydrogens is 293 g/mol. The highest BCUT2D eigenvalue weighted by Gasteiger charge is 2.07. The third-order valence-electron chi connectivity index (χ3n) is 2.68. The van der Waals surface area contributed by atoms with Crippen molar-refractivity contribution in [3.05, 3.63) is 45.9 Å². The molecule has 0 aliphatic heterocycles. The van der Waals surface area contributed by atoms with Crippen LogP contribution in [0.15, 0.2) is 29.6 Å². The Bertz CT molecular complexity index is 685. The van der Waals surface area contributed by atoms with Gasteiger partial charge in [-0.15, -0.1) is 11.3 Å². The van der Waals surface area contributed by atoms with Gasteiger partial charge < -0.3 is 16.4 Å². The molecule has 0 saturated heterocycles. The molecule has 4 N–H and O–H groups in total. The van der Waals surface area contributed by atoms with Crippen LogP contribution in [0.25, 0.3) is 0 Å². The van der Waals surface area contributed by atoms with Gasteiger partial charge in [-0.25, -0.2) is 4.39 Å². The zero-order valence-corrected chi connectivity index (χ0v) is 12.1. The lowest BCUT2D eigenvalue weighted by Gasteiger charge is -2.09. The monoisotopic (exact) mass is 307 g/mol. The molecule has 110 valence electrons. The smallest absolute Gasteiger partial charge is 0.249 e. The first-order valence-electron chi connectivity index (χ1n) is 6.14. The van der Waals surface area contributed by atoms with Crippen molar-refractivity contribution >= 4 is 34.5 Å². The van der Waals surface area contributed by atoms with Crippen molar-refractivity contribution in [1.82, 2.24) is 0 Å². The second-order valence-electron chi connectivity index (χ2n) is 4.40. The first-order chi connectivity index (χ1) is 9.95. The summed E-state index contributed by atoms with van der Waals surface area (Å²) in [7, 11) is 0. The molecule has 0 radical (unpaired) electrons. The molecule has 2 rings (SSSR count). The van der Waals surface area contributed by atoms with E-state index in [1.54, 1.807) is 17.5 Å². The number of thiophene rings is 1. The van der Waals surface area contributed by atoms with E-state index in [0.717, 1.165) is 4.88 Å². The van der Waals surface area contributed by atoms with Crippen LogP contribution in [-0.4, -0.2) is 11.8 Å². The number of anilines is 2. The summed E-state index contributed by atoms with van der Waals surface area (Å²) in [5.41, 5.74) is 6.43. The fraction of sp³-hybridized carbons (Fsp3) is 0.143. The standard InChI is InChI=1S/C14H14FN3O2S/c1-8(19)18-13-5-10(2-3-12(13)15)17-6-11-4-9(7-21-11)14(16)20/h2-5,7,17H,6H2,1H3,(H2,16,20)(H,18,19). The second kappa shape index (κ2) is 6.36. The van der Waals surface area contributed by atoms with Crippen molar-refractivity contribution in [2.24, 2.45) is 5.73 Å². The van der Waals surface area contributed by atoms with E-state index in [9.17, 15) is 14.0 Å². The van der Waals surface area contributed by atoms with Gasteiger partial charge in [-0.1, -0.05) is 0 Å². The molecule has 5 nitrogen and oxygen atoms in total. The van der Waals surface area contributed by atoms with Crippen LogP contribution in [0.1, 0.15) is 22.2 Å². The highest BCUT2D eigenvalue weighted by Crippen LogP contribution is 2.21. The molecule has 2 amide bonds. The van der Waals surface area contributed by atoms with Crippen molar-refractivity contribution in [3.63, 3.8) is 0 Å². The van der Waals surface area contributed by atoms with Gasteiger partial charge in [0.05, 0.1) is 11.3 Å². The predicted octanol–water partition coefficient (Wildman–Crippen LogP) is 2.56. The highest BCUT2D eigenvalue weighted by molar-refractivity contribution is 7.10. The zero-order valence-electron chi connectivity index (χ0n) is 11.3. The molecule has 0 aliphatic rings. The van der Waals surface area contributed by atoms with Crippen molar-refractivity contribution in [2.45, 2.75) is 13.5 Å². The van der Waals surface area contributed by atoms with E-state index in [0.29, 0.717) is 17.8 Å². The van der Waals surface area contributed by atoms with Gasteiger partial charge in [-0.2, -0.15) is 0 Å². The number of hydrogen-bond acceptors (Lipinski definition) is 4. The molecule has 0 atom stereocenters. The molecular formula is C14H14FN3O2S. The largest absolute Gasteiger partial charge is 0.380 e. The maximum absolute atomic E-state index is 13.5. The minimum Gasteiger partial charge on any atom is -0.380 e. The first-order valence-corrected chi connectivity index (χ1v) is 7.02. The Morgan fingerprint density at radius 3 is 2.71 bits per heavy atom. The predicted molar refractivity (Wildman–Crippen MR) is 80.9 cm³/mol. The number of hydrogen-bond donors (Lipinski definition) is 3. The van der Waals surface area contributed by atoms with Crippen LogP contribution in [-0.2, 0) is 11.3 Å². The molecule has 1 aromatic carbocycles. The Labute approximate surface area is 125 Å². The molecule has 0 unspecified atom stereocenters. The quantitative estimate of drug-likeness (QED) is 0.793. The van der Waals surface area contributed by atoms with E-state index in [1.165, 1.54) is 30.4 Å². The fourth-order valence-electron chi connectivity index (χ4n) is 1.71. The average molecular weight is 307 g/mol. The third kappa shape index (κ3) is 4.03. The van der Waals surface area contributed by atoms with Crippen LogP contribution in [0.2, 0.25) is 0 Å². The number of carbonyl (C=O) groups excluding carboxylic acids is 2. The van der Waals surface area contributed by atoms with E-state index in [-0.39, 0.29) is 11.6 Å². The van der Waals surface area contributed by atoms with Crippen molar-refractivity contribution < 1.29 is 14.0 Å². The topological polar surface area (TPSA) is 84.2 Å². The molecule has 0 bridgehead atoms. The molecule has 7 heteroatoms. The number of rotatable bonds is 5. The summed E-state index contributed by atoms with van der Waals surface area (Å²) in [4.78, 5) is 22.9. The maximum Gasteiger partial charge on any atom is 0.249 e. The number of carbonyl (C=O) groups is 2. The van der Waals surface area contributed by atoms with Crippen molar-refractivity contribution in [3.8, 4) is 0 Å². The van der Waals surface area contributed by atoms with Crippen LogP contribution in [0.5, 0.6) is 0 Å². The molecule has 21 heavy (non-hydrogen) atoms. The van der Waals surface area contributed by atoms with Crippen LogP contribution < -0.4 is 16.4 Å². The summed E-state index contributed by atoms with van der Waals surface area (Å²) in [6, 6.07) is 6.07. The summed E-state index contributed by atoms with van der Waals surface area (Å²) in [5, 5.41) is 7.20. The number of nitrogens with one attached hydrogen (secondary N) is 2. The van der Waals surface area contributed by atoms with Gasteiger partial charge >= 0.3 is 0 Å². The van der Waals surface area contributed by atoms with Crippen LogP contribution in [0.3, 0.4) is 0 Å². The number of nitrogens with two attached hydrogens (primary N) is 1. The Balaban J connectivity index is 2.05. The normalized spacial score (nSPS) is 10.2. The van der Waals surface area contributed by atoms with Gasteiger partial charge in [0.1, 0.15) is 5.82 Å². The van der Waals surface area contributed by atoms with E-state index in [2.05, 4.69) is 10.6 Å². The number of benzene rings is 1. The highest BCUT2D eigenvalue weighted by atomic mass is 32.1. The maximum atomic E-state index is 13.5. The third-order valence-corrected chi connectivity index (χ3v) is 3.62. The lowest BCUT2D eigenvalue weighted by molar-refractivity contribution is -0.114. The zero-order chi connectivity index (χ0) is 15.4. The van der Waals surface area contributed by atoms with Crippen LogP contribution in [0.4, 0.5) is 15.8 Å². The minimum atomic E-state index is -0.497. The van der Waals surface area contributed by atoms with E-state index < -0.39 is 11.7 Å². The van der Waals surface area contributed by atoms with Crippen LogP contribution >= 0.6 is 11.3 Å². The van der Waals surface area contributed by atoms with Gasteiger partial charge in [-0.05, 0) is 24.3 Å². The molecule has 0 fully saturated rings. The van der Waals surface area contributed by atoms with Crippen molar-refractivity contribution in [1.29, 1.82) is 0 Å². The summed E-state index contributed by atoms with van der Waals surface area (Å²) in [6.07, 6.45) is 0.